The van der Waals surface area contributed by atoms with Gasteiger partial charge in [0.1, 0.15) is 5.82 Å². The molecule has 14 heavy (non-hydrogen) atoms. The molecule has 1 saturated carbocycles. The lowest BCUT2D eigenvalue weighted by Crippen LogP contribution is -2.26. The van der Waals surface area contributed by atoms with E-state index < -0.39 is 0 Å². The fourth-order valence-electron chi connectivity index (χ4n) is 1.69. The first-order valence-corrected chi connectivity index (χ1v) is 5.91. The largest absolute Gasteiger partial charge is 0.353 e. The second kappa shape index (κ2) is 3.89. The van der Waals surface area contributed by atoms with Crippen molar-refractivity contribution in [3.8, 4) is 0 Å². The van der Waals surface area contributed by atoms with Crippen LogP contribution in [0.4, 0.5) is 5.82 Å². The van der Waals surface area contributed by atoms with E-state index in [4.69, 9.17) is 0 Å². The molecule has 0 radical (unpaired) electrons. The molecule has 0 atom stereocenters. The number of hydrogen-bond donors (Lipinski definition) is 0. The molecule has 1 aliphatic carbocycles. The highest BCUT2D eigenvalue weighted by Crippen LogP contribution is 2.35. The van der Waals surface area contributed by atoms with E-state index in [2.05, 4.69) is 39.7 Å². The molecule has 1 aromatic heterocycles. The molecule has 0 aromatic carbocycles. The van der Waals surface area contributed by atoms with Crippen molar-refractivity contribution >= 4 is 21.7 Å². The van der Waals surface area contributed by atoms with Gasteiger partial charge in [0.15, 0.2) is 0 Å². The molecule has 1 aliphatic rings. The lowest BCUT2D eigenvalue weighted by Gasteiger charge is -2.23. The van der Waals surface area contributed by atoms with Crippen LogP contribution in [0.1, 0.15) is 25.3 Å². The average molecular weight is 255 g/mol. The van der Waals surface area contributed by atoms with E-state index >= 15 is 0 Å². The van der Waals surface area contributed by atoms with Crippen molar-refractivity contribution in [2.24, 2.45) is 0 Å². The first kappa shape index (κ1) is 9.97. The van der Waals surface area contributed by atoms with Crippen LogP contribution < -0.4 is 4.90 Å². The van der Waals surface area contributed by atoms with E-state index in [1.54, 1.807) is 0 Å². The van der Waals surface area contributed by atoms with E-state index in [0.717, 1.165) is 22.9 Å². The molecule has 1 heterocycles. The normalized spacial score (nSPS) is 15.6. The zero-order valence-electron chi connectivity index (χ0n) is 8.63. The van der Waals surface area contributed by atoms with Crippen LogP contribution in [0.5, 0.6) is 0 Å². The van der Waals surface area contributed by atoms with Crippen LogP contribution in [0.3, 0.4) is 0 Å². The summed E-state index contributed by atoms with van der Waals surface area (Å²) >= 11 is 3.61. The van der Waals surface area contributed by atoms with Gasteiger partial charge in [-0.15, -0.1) is 0 Å². The van der Waals surface area contributed by atoms with Gasteiger partial charge in [-0.1, -0.05) is 0 Å². The Morgan fingerprint density at radius 2 is 2.29 bits per heavy atom. The Morgan fingerprint density at radius 3 is 2.86 bits per heavy atom. The van der Waals surface area contributed by atoms with Gasteiger partial charge in [-0.25, -0.2) is 4.98 Å². The Kier molecular flexibility index (Phi) is 2.77. The zero-order valence-corrected chi connectivity index (χ0v) is 10.2. The number of aryl methyl sites for hydroxylation is 1. The Morgan fingerprint density at radius 1 is 1.57 bits per heavy atom. The fraction of sp³-hybridized carbons (Fsp3) is 0.545. The van der Waals surface area contributed by atoms with Crippen LogP contribution >= 0.6 is 15.9 Å². The maximum atomic E-state index is 4.45. The van der Waals surface area contributed by atoms with E-state index in [-0.39, 0.29) is 0 Å². The van der Waals surface area contributed by atoms with E-state index in [1.165, 1.54) is 18.4 Å². The smallest absolute Gasteiger partial charge is 0.143 e. The van der Waals surface area contributed by atoms with Crippen molar-refractivity contribution in [1.82, 2.24) is 4.98 Å². The monoisotopic (exact) mass is 254 g/mol. The summed E-state index contributed by atoms with van der Waals surface area (Å²) < 4.78 is 1.15. The van der Waals surface area contributed by atoms with Crippen LogP contribution in [0.15, 0.2) is 16.7 Å². The molecule has 0 unspecified atom stereocenters. The van der Waals surface area contributed by atoms with Gasteiger partial charge in [-0.3, -0.25) is 0 Å². The minimum atomic E-state index is 0.727. The lowest BCUT2D eigenvalue weighted by atomic mass is 10.3. The highest BCUT2D eigenvalue weighted by atomic mass is 79.9. The van der Waals surface area contributed by atoms with E-state index in [1.807, 2.05) is 12.3 Å². The maximum absolute atomic E-state index is 4.45. The number of halogens is 1. The van der Waals surface area contributed by atoms with Gasteiger partial charge in [-0.05, 0) is 54.2 Å². The summed E-state index contributed by atoms with van der Waals surface area (Å²) in [5.41, 5.74) is 1.26. The lowest BCUT2D eigenvalue weighted by molar-refractivity contribution is 0.804. The molecule has 2 nitrogen and oxygen atoms in total. The van der Waals surface area contributed by atoms with Crippen molar-refractivity contribution in [3.05, 3.63) is 22.3 Å². The molecule has 2 rings (SSSR count). The van der Waals surface area contributed by atoms with Gasteiger partial charge < -0.3 is 4.90 Å². The number of rotatable bonds is 3. The number of aromatic nitrogens is 1. The standard InChI is InChI=1S/C11H15BrN2/c1-3-14(9-4-5-9)11-10(12)8(2)6-7-13-11/h6-7,9H,3-5H2,1-2H3. The van der Waals surface area contributed by atoms with Gasteiger partial charge in [0.25, 0.3) is 0 Å². The molecule has 1 aromatic rings. The van der Waals surface area contributed by atoms with E-state index in [0.29, 0.717) is 0 Å². The fourth-order valence-corrected chi connectivity index (χ4v) is 2.16. The summed E-state index contributed by atoms with van der Waals surface area (Å²) in [6.07, 6.45) is 4.52. The third-order valence-electron chi connectivity index (χ3n) is 2.66. The molecule has 3 heteroatoms. The highest BCUT2D eigenvalue weighted by Gasteiger charge is 2.29. The highest BCUT2D eigenvalue weighted by molar-refractivity contribution is 9.10. The van der Waals surface area contributed by atoms with Crippen LogP contribution in [-0.4, -0.2) is 17.6 Å². The number of hydrogen-bond acceptors (Lipinski definition) is 2. The molecule has 0 bridgehead atoms. The Hall–Kier alpha value is -0.570. The maximum Gasteiger partial charge on any atom is 0.143 e. The number of nitrogens with zero attached hydrogens (tertiary/aromatic N) is 2. The molecule has 0 amide bonds. The van der Waals surface area contributed by atoms with Crippen molar-refractivity contribution in [2.45, 2.75) is 32.7 Å². The third-order valence-corrected chi connectivity index (χ3v) is 3.64. The summed E-state index contributed by atoms with van der Waals surface area (Å²) in [4.78, 5) is 6.84. The van der Waals surface area contributed by atoms with Crippen molar-refractivity contribution in [2.75, 3.05) is 11.4 Å². The molecule has 1 fully saturated rings. The van der Waals surface area contributed by atoms with E-state index in [9.17, 15) is 0 Å². The van der Waals surface area contributed by atoms with Crippen molar-refractivity contribution in [3.63, 3.8) is 0 Å². The zero-order chi connectivity index (χ0) is 10.1. The van der Waals surface area contributed by atoms with Gasteiger partial charge >= 0.3 is 0 Å². The second-order valence-corrected chi connectivity index (χ2v) is 4.58. The molecular formula is C11H15BrN2. The number of anilines is 1. The topological polar surface area (TPSA) is 16.1 Å². The van der Waals surface area contributed by atoms with Gasteiger partial charge in [0.2, 0.25) is 0 Å². The summed E-state index contributed by atoms with van der Waals surface area (Å²) in [5, 5.41) is 0. The quantitative estimate of drug-likeness (QED) is 0.824. The minimum absolute atomic E-state index is 0.727. The predicted octanol–water partition coefficient (Wildman–Crippen LogP) is 3.14. The summed E-state index contributed by atoms with van der Waals surface area (Å²) in [6, 6.07) is 2.76. The molecular weight excluding hydrogens is 240 g/mol. The third kappa shape index (κ3) is 1.78. The van der Waals surface area contributed by atoms with Gasteiger partial charge in [0, 0.05) is 18.8 Å². The SMILES string of the molecule is CCN(c1nccc(C)c1Br)C1CC1. The van der Waals surface area contributed by atoms with Crippen LogP contribution in [0, 0.1) is 6.92 Å². The first-order valence-electron chi connectivity index (χ1n) is 5.11. The van der Waals surface area contributed by atoms with Crippen LogP contribution in [-0.2, 0) is 0 Å². The van der Waals surface area contributed by atoms with Crippen molar-refractivity contribution in [1.29, 1.82) is 0 Å². The molecule has 0 N–H and O–H groups in total. The molecule has 0 spiro atoms. The summed E-state index contributed by atoms with van der Waals surface area (Å²) in [7, 11) is 0. The molecule has 0 saturated heterocycles. The molecule has 76 valence electrons. The number of pyridine rings is 1. The second-order valence-electron chi connectivity index (χ2n) is 3.78. The van der Waals surface area contributed by atoms with Gasteiger partial charge in [-0.2, -0.15) is 0 Å². The summed E-state index contributed by atoms with van der Waals surface area (Å²) in [6.45, 7) is 5.34. The average Bonchev–Trinajstić information content (AvgIpc) is 2.97. The molecule has 0 aliphatic heterocycles. The van der Waals surface area contributed by atoms with Crippen LogP contribution in [0.2, 0.25) is 0 Å². The Labute approximate surface area is 93.5 Å². The van der Waals surface area contributed by atoms with Crippen LogP contribution in [0.25, 0.3) is 0 Å². The van der Waals surface area contributed by atoms with Gasteiger partial charge in [0.05, 0.1) is 4.47 Å². The predicted molar refractivity (Wildman–Crippen MR) is 62.7 cm³/mol. The summed E-state index contributed by atoms with van der Waals surface area (Å²) in [5.74, 6) is 1.11. The minimum Gasteiger partial charge on any atom is -0.353 e. The Bertz CT molecular complexity index is 334. The Balaban J connectivity index is 2.33. The van der Waals surface area contributed by atoms with Crippen molar-refractivity contribution < 1.29 is 0 Å². The first-order chi connectivity index (χ1) is 6.74.